The first kappa shape index (κ1) is 9.51. The van der Waals surface area contributed by atoms with E-state index in [2.05, 4.69) is 10.5 Å². The van der Waals surface area contributed by atoms with Gasteiger partial charge in [-0.2, -0.15) is 5.10 Å². The van der Waals surface area contributed by atoms with Crippen LogP contribution in [0.25, 0.3) is 0 Å². The van der Waals surface area contributed by atoms with Crippen molar-refractivity contribution in [3.05, 3.63) is 0 Å². The summed E-state index contributed by atoms with van der Waals surface area (Å²) in [4.78, 5) is 0. The molecule has 1 saturated heterocycles. The summed E-state index contributed by atoms with van der Waals surface area (Å²) >= 11 is 0. The number of sulfone groups is 1. The molecule has 1 unspecified atom stereocenters. The molecule has 0 saturated carbocycles. The van der Waals surface area contributed by atoms with Gasteiger partial charge in [0.1, 0.15) is 0 Å². The van der Waals surface area contributed by atoms with Crippen LogP contribution in [0.2, 0.25) is 0 Å². The van der Waals surface area contributed by atoms with Gasteiger partial charge in [0.15, 0.2) is 9.84 Å². The second-order valence-corrected chi connectivity index (χ2v) is 5.52. The van der Waals surface area contributed by atoms with Gasteiger partial charge in [-0.1, -0.05) is 0 Å². The molecule has 1 aliphatic heterocycles. The van der Waals surface area contributed by atoms with Crippen LogP contribution in [0.15, 0.2) is 5.10 Å². The molecular weight excluding hydrogens is 176 g/mol. The van der Waals surface area contributed by atoms with Crippen molar-refractivity contribution in [1.29, 1.82) is 0 Å². The van der Waals surface area contributed by atoms with Crippen LogP contribution in [-0.4, -0.2) is 31.7 Å². The van der Waals surface area contributed by atoms with Crippen LogP contribution in [0, 0.1) is 0 Å². The Balaban J connectivity index is 2.44. The van der Waals surface area contributed by atoms with Crippen molar-refractivity contribution >= 4 is 15.5 Å². The average Bonchev–Trinajstić information content (AvgIpc) is 2.26. The van der Waals surface area contributed by atoms with E-state index in [1.165, 1.54) is 0 Å². The van der Waals surface area contributed by atoms with E-state index < -0.39 is 9.84 Å². The highest BCUT2D eigenvalue weighted by Crippen LogP contribution is 2.10. The van der Waals surface area contributed by atoms with E-state index >= 15 is 0 Å². The zero-order valence-corrected chi connectivity index (χ0v) is 8.19. The predicted octanol–water partition coefficient (Wildman–Crippen LogP) is 0.159. The van der Waals surface area contributed by atoms with E-state index in [0.29, 0.717) is 12.2 Å². The molecule has 12 heavy (non-hydrogen) atoms. The molecule has 4 nitrogen and oxygen atoms in total. The topological polar surface area (TPSA) is 58.5 Å². The average molecular weight is 190 g/mol. The molecule has 0 aromatic heterocycles. The molecule has 1 N–H and O–H groups in total. The first-order chi connectivity index (χ1) is 5.49. The van der Waals surface area contributed by atoms with Crippen LogP contribution in [-0.2, 0) is 9.84 Å². The van der Waals surface area contributed by atoms with Gasteiger partial charge < -0.3 is 5.43 Å². The van der Waals surface area contributed by atoms with E-state index in [1.807, 2.05) is 13.8 Å². The van der Waals surface area contributed by atoms with Gasteiger partial charge in [0.05, 0.1) is 17.5 Å². The summed E-state index contributed by atoms with van der Waals surface area (Å²) in [6.45, 7) is 3.74. The highest BCUT2D eigenvalue weighted by molar-refractivity contribution is 7.91. The second-order valence-electron chi connectivity index (χ2n) is 3.29. The lowest BCUT2D eigenvalue weighted by Crippen LogP contribution is -2.25. The van der Waals surface area contributed by atoms with E-state index in [0.717, 1.165) is 5.71 Å². The maximum atomic E-state index is 11.0. The van der Waals surface area contributed by atoms with Crippen molar-refractivity contribution in [1.82, 2.24) is 5.43 Å². The molecule has 0 amide bonds. The van der Waals surface area contributed by atoms with Gasteiger partial charge in [-0.25, -0.2) is 8.42 Å². The normalized spacial score (nSPS) is 26.7. The third-order valence-corrected chi connectivity index (χ3v) is 3.47. The maximum absolute atomic E-state index is 11.0. The molecule has 0 aliphatic carbocycles. The Morgan fingerprint density at radius 1 is 1.50 bits per heavy atom. The van der Waals surface area contributed by atoms with Crippen molar-refractivity contribution in [2.45, 2.75) is 26.3 Å². The van der Waals surface area contributed by atoms with E-state index in [9.17, 15) is 8.42 Å². The van der Waals surface area contributed by atoms with Crippen LogP contribution in [0.4, 0.5) is 0 Å². The molecule has 0 aromatic rings. The maximum Gasteiger partial charge on any atom is 0.152 e. The quantitative estimate of drug-likeness (QED) is 0.498. The van der Waals surface area contributed by atoms with E-state index in [-0.39, 0.29) is 11.8 Å². The molecule has 1 heterocycles. The summed E-state index contributed by atoms with van der Waals surface area (Å²) in [5.41, 5.74) is 3.76. The molecule has 70 valence electrons. The minimum Gasteiger partial charge on any atom is -0.306 e. The van der Waals surface area contributed by atoms with Crippen LogP contribution >= 0.6 is 0 Å². The molecule has 0 radical (unpaired) electrons. The summed E-state index contributed by atoms with van der Waals surface area (Å²) in [5.74, 6) is 0.521. The van der Waals surface area contributed by atoms with Gasteiger partial charge in [0.25, 0.3) is 0 Å². The lowest BCUT2D eigenvalue weighted by molar-refractivity contribution is 0.576. The predicted molar refractivity (Wildman–Crippen MR) is 49.0 cm³/mol. The standard InChI is InChI=1S/C7H14N2O2S/c1-6(2)8-9-7-3-4-12(10,11)5-7/h7,9H,3-5H2,1-2H3. The Morgan fingerprint density at radius 3 is 2.58 bits per heavy atom. The highest BCUT2D eigenvalue weighted by Gasteiger charge is 2.27. The molecule has 1 fully saturated rings. The first-order valence-electron chi connectivity index (χ1n) is 3.96. The van der Waals surface area contributed by atoms with Crippen molar-refractivity contribution in [2.75, 3.05) is 11.5 Å². The molecular formula is C7H14N2O2S. The Labute approximate surface area is 73.0 Å². The largest absolute Gasteiger partial charge is 0.306 e. The number of nitrogens with zero attached hydrogens (tertiary/aromatic N) is 1. The summed E-state index contributed by atoms with van der Waals surface area (Å²) in [6, 6.07) is 0.0184. The van der Waals surface area contributed by atoms with Gasteiger partial charge in [-0.3, -0.25) is 0 Å². The van der Waals surface area contributed by atoms with Crippen molar-refractivity contribution in [2.24, 2.45) is 5.10 Å². The van der Waals surface area contributed by atoms with Crippen LogP contribution in [0.5, 0.6) is 0 Å². The second kappa shape index (κ2) is 3.43. The fourth-order valence-corrected chi connectivity index (χ4v) is 2.78. The number of rotatable bonds is 2. The van der Waals surface area contributed by atoms with Gasteiger partial charge in [-0.05, 0) is 20.3 Å². The van der Waals surface area contributed by atoms with E-state index in [1.54, 1.807) is 0 Å². The van der Waals surface area contributed by atoms with Gasteiger partial charge >= 0.3 is 0 Å². The summed E-state index contributed by atoms with van der Waals surface area (Å²) < 4.78 is 22.0. The molecule has 1 rings (SSSR count). The summed E-state index contributed by atoms with van der Waals surface area (Å²) in [5, 5.41) is 3.97. The van der Waals surface area contributed by atoms with E-state index in [4.69, 9.17) is 0 Å². The molecule has 1 atom stereocenters. The monoisotopic (exact) mass is 190 g/mol. The molecule has 5 heteroatoms. The van der Waals surface area contributed by atoms with Gasteiger partial charge in [-0.15, -0.1) is 0 Å². The third kappa shape index (κ3) is 2.81. The van der Waals surface area contributed by atoms with Gasteiger partial charge in [0.2, 0.25) is 0 Å². The number of nitrogens with one attached hydrogen (secondary N) is 1. The SMILES string of the molecule is CC(C)=NNC1CCS(=O)(=O)C1. The minimum absolute atomic E-state index is 0.0184. The summed E-state index contributed by atoms with van der Waals surface area (Å²) in [6.07, 6.45) is 0.680. The molecule has 1 aliphatic rings. The Kier molecular flexibility index (Phi) is 2.72. The first-order valence-corrected chi connectivity index (χ1v) is 5.78. The Morgan fingerprint density at radius 2 is 2.17 bits per heavy atom. The van der Waals surface area contributed by atoms with Crippen LogP contribution in [0.1, 0.15) is 20.3 Å². The van der Waals surface area contributed by atoms with Crippen molar-refractivity contribution in [3.63, 3.8) is 0 Å². The van der Waals surface area contributed by atoms with Crippen LogP contribution in [0.3, 0.4) is 0 Å². The fourth-order valence-electron chi connectivity index (χ4n) is 1.12. The van der Waals surface area contributed by atoms with Crippen molar-refractivity contribution in [3.8, 4) is 0 Å². The lowest BCUT2D eigenvalue weighted by Gasteiger charge is -2.06. The number of hydrogen-bond acceptors (Lipinski definition) is 4. The lowest BCUT2D eigenvalue weighted by atomic mass is 10.3. The fraction of sp³-hybridized carbons (Fsp3) is 0.857. The van der Waals surface area contributed by atoms with Crippen molar-refractivity contribution < 1.29 is 8.42 Å². The zero-order chi connectivity index (χ0) is 9.19. The summed E-state index contributed by atoms with van der Waals surface area (Å²) in [7, 11) is -2.78. The Bertz CT molecular complexity index is 278. The minimum atomic E-state index is -2.78. The Hall–Kier alpha value is -0.580. The molecule has 0 aromatic carbocycles. The van der Waals surface area contributed by atoms with Gasteiger partial charge in [0, 0.05) is 5.71 Å². The molecule has 0 spiro atoms. The smallest absolute Gasteiger partial charge is 0.152 e. The third-order valence-electron chi connectivity index (χ3n) is 1.70. The number of hydrazone groups is 1. The highest BCUT2D eigenvalue weighted by atomic mass is 32.2. The molecule has 0 bridgehead atoms. The van der Waals surface area contributed by atoms with Crippen LogP contribution < -0.4 is 5.43 Å². The number of hydrogen-bond donors (Lipinski definition) is 1. The zero-order valence-electron chi connectivity index (χ0n) is 7.37.